The third kappa shape index (κ3) is 5.88. The summed E-state index contributed by atoms with van der Waals surface area (Å²) in [4.78, 5) is 38.6. The minimum Gasteiger partial charge on any atom is -0.497 e. The van der Waals surface area contributed by atoms with Crippen molar-refractivity contribution in [3.05, 3.63) is 51.3 Å². The van der Waals surface area contributed by atoms with Crippen LogP contribution in [0.2, 0.25) is 0 Å². The van der Waals surface area contributed by atoms with Crippen LogP contribution in [0.15, 0.2) is 45.8 Å². The number of thioether (sulfide) groups is 1. The summed E-state index contributed by atoms with van der Waals surface area (Å²) in [6.45, 7) is -0.336. The highest BCUT2D eigenvalue weighted by atomic mass is 79.9. The Balaban J connectivity index is 1.73. The molecule has 2 aromatic rings. The highest BCUT2D eigenvalue weighted by molar-refractivity contribution is 9.10. The van der Waals surface area contributed by atoms with Crippen molar-refractivity contribution in [3.63, 3.8) is 0 Å². The fraction of sp³-hybridized carbons (Fsp3) is 0.174. The summed E-state index contributed by atoms with van der Waals surface area (Å²) < 4.78 is 16.5. The first-order valence-corrected chi connectivity index (χ1v) is 11.1. The van der Waals surface area contributed by atoms with Gasteiger partial charge in [-0.1, -0.05) is 21.9 Å². The molecule has 3 amide bonds. The van der Waals surface area contributed by atoms with Gasteiger partial charge in [0.25, 0.3) is 11.1 Å². The van der Waals surface area contributed by atoms with E-state index in [2.05, 4.69) is 27.2 Å². The minimum atomic E-state index is -0.562. The van der Waals surface area contributed by atoms with Crippen LogP contribution in [0.4, 0.5) is 10.5 Å². The van der Waals surface area contributed by atoms with Gasteiger partial charge in [0.1, 0.15) is 18.9 Å². The summed E-state index contributed by atoms with van der Waals surface area (Å²) in [5, 5.41) is 2.12. The summed E-state index contributed by atoms with van der Waals surface area (Å²) in [6.07, 6.45) is 6.77. The maximum Gasteiger partial charge on any atom is 0.294 e. The third-order valence-electron chi connectivity index (χ3n) is 4.43. The Kier molecular flexibility index (Phi) is 8.03. The first-order chi connectivity index (χ1) is 15.9. The number of hydrogen-bond acceptors (Lipinski definition) is 7. The zero-order chi connectivity index (χ0) is 24.0. The number of carbonyl (C=O) groups excluding carboxylic acids is 3. The first-order valence-electron chi connectivity index (χ1n) is 9.49. The van der Waals surface area contributed by atoms with Crippen molar-refractivity contribution in [3.8, 4) is 29.6 Å². The Morgan fingerprint density at radius 3 is 2.55 bits per heavy atom. The molecule has 1 aliphatic heterocycles. The van der Waals surface area contributed by atoms with Crippen LogP contribution < -0.4 is 19.5 Å². The standard InChI is InChI=1S/C23H19BrN2O6S/c1-4-9-32-19-12-17(24)14(10-18(19)31-3)11-20-22(28)26(23(29)33-20)13-21(27)25-15-5-7-16(30-2)8-6-15/h1,5-8,10-12H,9,13H2,2-3H3,(H,25,27)/b20-11+. The topological polar surface area (TPSA) is 94.2 Å². The summed E-state index contributed by atoms with van der Waals surface area (Å²) in [5.41, 5.74) is 1.11. The van der Waals surface area contributed by atoms with Crippen LogP contribution in [-0.2, 0) is 9.59 Å². The molecule has 8 nitrogen and oxygen atoms in total. The molecule has 0 saturated carbocycles. The molecule has 1 N–H and O–H groups in total. The molecule has 2 aromatic carbocycles. The second-order valence-corrected chi connectivity index (χ2v) is 8.41. The maximum absolute atomic E-state index is 12.8. The molecule has 0 radical (unpaired) electrons. The molecule has 10 heteroatoms. The van der Waals surface area contributed by atoms with Crippen molar-refractivity contribution in [2.75, 3.05) is 32.7 Å². The Morgan fingerprint density at radius 2 is 1.91 bits per heavy atom. The Morgan fingerprint density at radius 1 is 1.18 bits per heavy atom. The number of halogens is 1. The van der Waals surface area contributed by atoms with E-state index in [1.807, 2.05) is 0 Å². The van der Waals surface area contributed by atoms with E-state index in [1.165, 1.54) is 14.2 Å². The molecule has 0 aliphatic carbocycles. The molecular formula is C23H19BrN2O6S. The van der Waals surface area contributed by atoms with Gasteiger partial charge in [0.15, 0.2) is 11.5 Å². The molecule has 1 heterocycles. The van der Waals surface area contributed by atoms with Crippen LogP contribution in [-0.4, -0.2) is 49.3 Å². The number of benzene rings is 2. The summed E-state index contributed by atoms with van der Waals surface area (Å²) >= 11 is 4.18. The Labute approximate surface area is 203 Å². The van der Waals surface area contributed by atoms with Crippen molar-refractivity contribution in [1.82, 2.24) is 4.90 Å². The van der Waals surface area contributed by atoms with Crippen molar-refractivity contribution < 1.29 is 28.6 Å². The van der Waals surface area contributed by atoms with Gasteiger partial charge in [-0.2, -0.15) is 0 Å². The molecule has 1 saturated heterocycles. The van der Waals surface area contributed by atoms with Crippen molar-refractivity contribution in [2.45, 2.75) is 0 Å². The van der Waals surface area contributed by atoms with Crippen LogP contribution in [0.25, 0.3) is 6.08 Å². The summed E-state index contributed by atoms with van der Waals surface area (Å²) in [6, 6.07) is 10.0. The van der Waals surface area contributed by atoms with E-state index in [0.29, 0.717) is 33.0 Å². The molecule has 0 unspecified atom stereocenters. The molecular weight excluding hydrogens is 512 g/mol. The van der Waals surface area contributed by atoms with Crippen LogP contribution in [0.5, 0.6) is 17.2 Å². The molecule has 3 rings (SSSR count). The van der Waals surface area contributed by atoms with Crippen molar-refractivity contribution in [2.24, 2.45) is 0 Å². The lowest BCUT2D eigenvalue weighted by atomic mass is 10.2. The number of amides is 3. The fourth-order valence-corrected chi connectivity index (χ4v) is 4.12. The molecule has 33 heavy (non-hydrogen) atoms. The number of hydrogen-bond donors (Lipinski definition) is 1. The Hall–Kier alpha value is -3.42. The maximum atomic E-state index is 12.8. The molecule has 0 bridgehead atoms. The molecule has 0 aromatic heterocycles. The zero-order valence-corrected chi connectivity index (χ0v) is 20.1. The summed E-state index contributed by atoms with van der Waals surface area (Å²) in [7, 11) is 3.02. The van der Waals surface area contributed by atoms with Gasteiger partial charge in [0, 0.05) is 10.2 Å². The van der Waals surface area contributed by atoms with E-state index in [0.717, 1.165) is 16.7 Å². The highest BCUT2D eigenvalue weighted by Gasteiger charge is 2.36. The van der Waals surface area contributed by atoms with Crippen molar-refractivity contribution in [1.29, 1.82) is 0 Å². The van der Waals surface area contributed by atoms with Crippen LogP contribution in [0.3, 0.4) is 0 Å². The van der Waals surface area contributed by atoms with E-state index in [9.17, 15) is 14.4 Å². The first kappa shape index (κ1) is 24.2. The van der Waals surface area contributed by atoms with Gasteiger partial charge in [-0.15, -0.1) is 6.42 Å². The Bertz CT molecular complexity index is 1160. The molecule has 1 fully saturated rings. The van der Waals surface area contributed by atoms with Crippen LogP contribution >= 0.6 is 27.7 Å². The largest absolute Gasteiger partial charge is 0.497 e. The van der Waals surface area contributed by atoms with Gasteiger partial charge < -0.3 is 19.5 Å². The second kappa shape index (κ2) is 10.9. The highest BCUT2D eigenvalue weighted by Crippen LogP contribution is 2.38. The molecule has 1 aliphatic rings. The second-order valence-electron chi connectivity index (χ2n) is 6.56. The number of carbonyl (C=O) groups is 3. The number of nitrogens with one attached hydrogen (secondary N) is 1. The van der Waals surface area contributed by atoms with Gasteiger partial charge in [0.05, 0.1) is 19.1 Å². The quantitative estimate of drug-likeness (QED) is 0.404. The van der Waals surface area contributed by atoms with Gasteiger partial charge in [-0.05, 0) is 59.8 Å². The fourth-order valence-electron chi connectivity index (χ4n) is 2.85. The number of rotatable bonds is 8. The van der Waals surface area contributed by atoms with Crippen LogP contribution in [0.1, 0.15) is 5.56 Å². The van der Waals surface area contributed by atoms with Gasteiger partial charge in [0.2, 0.25) is 5.91 Å². The number of anilines is 1. The van der Waals surface area contributed by atoms with E-state index in [1.54, 1.807) is 42.5 Å². The lowest BCUT2D eigenvalue weighted by Gasteiger charge is -2.13. The average Bonchev–Trinajstić information content (AvgIpc) is 3.06. The monoisotopic (exact) mass is 530 g/mol. The van der Waals surface area contributed by atoms with E-state index in [4.69, 9.17) is 20.6 Å². The minimum absolute atomic E-state index is 0.0691. The van der Waals surface area contributed by atoms with Gasteiger partial charge >= 0.3 is 0 Å². The number of nitrogens with zero attached hydrogens (tertiary/aromatic N) is 1. The molecule has 0 spiro atoms. The average molecular weight is 531 g/mol. The normalized spacial score (nSPS) is 14.2. The third-order valence-corrected chi connectivity index (χ3v) is 6.02. The predicted molar refractivity (Wildman–Crippen MR) is 129 cm³/mol. The molecule has 0 atom stereocenters. The van der Waals surface area contributed by atoms with E-state index < -0.39 is 23.6 Å². The van der Waals surface area contributed by atoms with Gasteiger partial charge in [-0.3, -0.25) is 19.3 Å². The molecule has 170 valence electrons. The lowest BCUT2D eigenvalue weighted by Crippen LogP contribution is -2.36. The van der Waals surface area contributed by atoms with Gasteiger partial charge in [-0.25, -0.2) is 0 Å². The smallest absolute Gasteiger partial charge is 0.294 e. The lowest BCUT2D eigenvalue weighted by molar-refractivity contribution is -0.127. The summed E-state index contributed by atoms with van der Waals surface area (Å²) in [5.74, 6) is 2.81. The van der Waals surface area contributed by atoms with E-state index in [-0.39, 0.29) is 11.5 Å². The van der Waals surface area contributed by atoms with Crippen molar-refractivity contribution >= 4 is 56.5 Å². The number of imide groups is 1. The number of methoxy groups -OCH3 is 2. The van der Waals surface area contributed by atoms with Crippen LogP contribution in [0, 0.1) is 12.3 Å². The predicted octanol–water partition coefficient (Wildman–Crippen LogP) is 4.15. The van der Waals surface area contributed by atoms with E-state index >= 15 is 0 Å². The SMILES string of the molecule is C#CCOc1cc(Br)c(/C=C2/SC(=O)N(CC(=O)Nc3ccc(OC)cc3)C2=O)cc1OC. The number of ether oxygens (including phenoxy) is 3. The number of terminal acetylenes is 1. The zero-order valence-electron chi connectivity index (χ0n) is 17.7.